The van der Waals surface area contributed by atoms with E-state index in [1.165, 1.54) is 4.90 Å². The van der Waals surface area contributed by atoms with Crippen LogP contribution in [0.15, 0.2) is 24.3 Å². The van der Waals surface area contributed by atoms with Crippen molar-refractivity contribution < 1.29 is 14.7 Å². The predicted molar refractivity (Wildman–Crippen MR) is 84.5 cm³/mol. The van der Waals surface area contributed by atoms with Crippen molar-refractivity contribution in [2.75, 3.05) is 26.2 Å². The molecule has 1 N–H and O–H groups in total. The predicted octanol–water partition coefficient (Wildman–Crippen LogP) is 1.84. The monoisotopic (exact) mass is 324 g/mol. The molecule has 1 aromatic carbocycles. The number of piperazine rings is 1. The highest BCUT2D eigenvalue weighted by atomic mass is 35.5. The first kappa shape index (κ1) is 16.8. The van der Waals surface area contributed by atoms with Crippen LogP contribution < -0.4 is 0 Å². The van der Waals surface area contributed by atoms with Crippen LogP contribution in [-0.4, -0.2) is 52.9 Å². The lowest BCUT2D eigenvalue weighted by atomic mass is 10.1. The van der Waals surface area contributed by atoms with E-state index in [0.29, 0.717) is 23.7 Å². The van der Waals surface area contributed by atoms with Gasteiger partial charge in [0, 0.05) is 30.2 Å². The molecular formula is C16H21ClN2O3. The third-order valence-corrected chi connectivity index (χ3v) is 4.19. The smallest absolute Gasteiger partial charge is 0.256 e. The van der Waals surface area contributed by atoms with E-state index >= 15 is 0 Å². The molecule has 1 unspecified atom stereocenters. The van der Waals surface area contributed by atoms with Gasteiger partial charge in [0.1, 0.15) is 0 Å². The lowest BCUT2D eigenvalue weighted by Crippen LogP contribution is -2.53. The molecule has 2 amide bonds. The van der Waals surface area contributed by atoms with E-state index in [1.54, 1.807) is 29.2 Å². The molecule has 1 aliphatic heterocycles. The van der Waals surface area contributed by atoms with Crippen LogP contribution in [0.3, 0.4) is 0 Å². The molecule has 2 rings (SSSR count). The minimum absolute atomic E-state index is 0.0179. The fraction of sp³-hybridized carbons (Fsp3) is 0.500. The Morgan fingerprint density at radius 2 is 2.09 bits per heavy atom. The molecule has 0 aliphatic carbocycles. The summed E-state index contributed by atoms with van der Waals surface area (Å²) in [4.78, 5) is 27.6. The Labute approximate surface area is 135 Å². The first-order valence-corrected chi connectivity index (χ1v) is 7.91. The Kier molecular flexibility index (Phi) is 5.80. The van der Waals surface area contributed by atoms with Gasteiger partial charge in [-0.3, -0.25) is 9.59 Å². The molecule has 0 radical (unpaired) electrons. The zero-order chi connectivity index (χ0) is 16.1. The normalized spacial score (nSPS) is 16.8. The molecule has 1 aliphatic rings. The number of nitrogens with zero attached hydrogens (tertiary/aromatic N) is 2. The Morgan fingerprint density at radius 3 is 2.73 bits per heavy atom. The van der Waals surface area contributed by atoms with E-state index in [0.717, 1.165) is 19.4 Å². The Bertz CT molecular complexity index is 550. The third kappa shape index (κ3) is 3.78. The molecule has 6 heteroatoms. The van der Waals surface area contributed by atoms with Gasteiger partial charge in [0.25, 0.3) is 5.91 Å². The van der Waals surface area contributed by atoms with Gasteiger partial charge < -0.3 is 14.9 Å². The first-order valence-electron chi connectivity index (χ1n) is 7.53. The summed E-state index contributed by atoms with van der Waals surface area (Å²) in [6, 6.07) is 6.69. The minimum Gasteiger partial charge on any atom is -0.378 e. The van der Waals surface area contributed by atoms with Crippen LogP contribution in [0.1, 0.15) is 31.4 Å². The zero-order valence-corrected chi connectivity index (χ0v) is 13.4. The van der Waals surface area contributed by atoms with Crippen molar-refractivity contribution in [1.29, 1.82) is 0 Å². The van der Waals surface area contributed by atoms with Gasteiger partial charge >= 0.3 is 0 Å². The molecule has 0 spiro atoms. The lowest BCUT2D eigenvalue weighted by Gasteiger charge is -2.35. The number of halogens is 1. The van der Waals surface area contributed by atoms with Crippen molar-refractivity contribution in [2.24, 2.45) is 0 Å². The number of rotatable bonds is 5. The van der Waals surface area contributed by atoms with E-state index in [1.807, 2.05) is 0 Å². The van der Waals surface area contributed by atoms with E-state index in [9.17, 15) is 14.7 Å². The van der Waals surface area contributed by atoms with Crippen LogP contribution in [0.5, 0.6) is 0 Å². The summed E-state index contributed by atoms with van der Waals surface area (Å²) in [5, 5.41) is 10.6. The second-order valence-electron chi connectivity index (χ2n) is 5.42. The van der Waals surface area contributed by atoms with Gasteiger partial charge in [0.05, 0.1) is 6.54 Å². The molecule has 120 valence electrons. The Hall–Kier alpha value is -1.59. The summed E-state index contributed by atoms with van der Waals surface area (Å²) >= 11 is 6.01. The number of hydrogen-bond donors (Lipinski definition) is 1. The van der Waals surface area contributed by atoms with Crippen molar-refractivity contribution in [2.45, 2.75) is 25.9 Å². The topological polar surface area (TPSA) is 60.9 Å². The van der Waals surface area contributed by atoms with E-state index < -0.39 is 12.0 Å². The molecule has 0 aromatic heterocycles. The molecule has 22 heavy (non-hydrogen) atoms. The number of aliphatic hydroxyl groups is 1. The number of carbonyl (C=O) groups excluding carboxylic acids is 2. The summed E-state index contributed by atoms with van der Waals surface area (Å²) < 4.78 is 0. The van der Waals surface area contributed by atoms with E-state index in [-0.39, 0.29) is 12.5 Å². The van der Waals surface area contributed by atoms with Crippen molar-refractivity contribution >= 4 is 23.4 Å². The second-order valence-corrected chi connectivity index (χ2v) is 5.83. The summed E-state index contributed by atoms with van der Waals surface area (Å²) in [6.45, 7) is 3.77. The highest BCUT2D eigenvalue weighted by Gasteiger charge is 2.31. The molecule has 0 saturated carbocycles. The highest BCUT2D eigenvalue weighted by Crippen LogP contribution is 2.24. The van der Waals surface area contributed by atoms with Crippen molar-refractivity contribution in [3.63, 3.8) is 0 Å². The SMILES string of the molecule is CCCCN1CCN(C(=O)C(O)c2ccccc2Cl)CC1=O. The average Bonchev–Trinajstić information content (AvgIpc) is 2.53. The van der Waals surface area contributed by atoms with E-state index in [4.69, 9.17) is 11.6 Å². The maximum Gasteiger partial charge on any atom is 0.256 e. The molecule has 1 heterocycles. The van der Waals surface area contributed by atoms with Gasteiger partial charge in [-0.25, -0.2) is 0 Å². The van der Waals surface area contributed by atoms with Crippen LogP contribution in [0, 0.1) is 0 Å². The van der Waals surface area contributed by atoms with E-state index in [2.05, 4.69) is 6.92 Å². The summed E-state index contributed by atoms with van der Waals surface area (Å²) in [5.74, 6) is -0.545. The van der Waals surface area contributed by atoms with Gasteiger partial charge in [0.15, 0.2) is 6.10 Å². The lowest BCUT2D eigenvalue weighted by molar-refractivity contribution is -0.150. The summed E-state index contributed by atoms with van der Waals surface area (Å²) in [5.41, 5.74) is 0.370. The number of carbonyl (C=O) groups is 2. The number of hydrogen-bond acceptors (Lipinski definition) is 3. The number of aliphatic hydroxyl groups excluding tert-OH is 1. The fourth-order valence-corrected chi connectivity index (χ4v) is 2.72. The van der Waals surface area contributed by atoms with Crippen LogP contribution in [0.25, 0.3) is 0 Å². The average molecular weight is 325 g/mol. The molecule has 1 fully saturated rings. The molecule has 1 aromatic rings. The maximum absolute atomic E-state index is 12.4. The third-order valence-electron chi connectivity index (χ3n) is 3.85. The Balaban J connectivity index is 2.00. The number of amides is 2. The number of benzene rings is 1. The summed E-state index contributed by atoms with van der Waals surface area (Å²) in [6.07, 6.45) is 0.656. The van der Waals surface area contributed by atoms with Crippen LogP contribution >= 0.6 is 11.6 Å². The maximum atomic E-state index is 12.4. The van der Waals surface area contributed by atoms with Gasteiger partial charge in [-0.05, 0) is 12.5 Å². The molecular weight excluding hydrogens is 304 g/mol. The van der Waals surface area contributed by atoms with Crippen LogP contribution in [0.2, 0.25) is 5.02 Å². The number of unbranched alkanes of at least 4 members (excludes halogenated alkanes) is 1. The molecule has 5 nitrogen and oxygen atoms in total. The molecule has 1 atom stereocenters. The minimum atomic E-state index is -1.33. The molecule has 0 bridgehead atoms. The standard InChI is InChI=1S/C16H21ClN2O3/c1-2-3-8-18-9-10-19(11-14(18)20)16(22)15(21)12-6-4-5-7-13(12)17/h4-7,15,21H,2-3,8-11H2,1H3. The zero-order valence-electron chi connectivity index (χ0n) is 12.7. The van der Waals surface area contributed by atoms with Gasteiger partial charge in [-0.1, -0.05) is 43.1 Å². The van der Waals surface area contributed by atoms with Crippen LogP contribution in [0.4, 0.5) is 0 Å². The van der Waals surface area contributed by atoms with Crippen LogP contribution in [-0.2, 0) is 9.59 Å². The molecule has 1 saturated heterocycles. The fourth-order valence-electron chi connectivity index (χ4n) is 2.48. The van der Waals surface area contributed by atoms with Gasteiger partial charge in [-0.2, -0.15) is 0 Å². The van der Waals surface area contributed by atoms with Crippen molar-refractivity contribution in [3.8, 4) is 0 Å². The highest BCUT2D eigenvalue weighted by molar-refractivity contribution is 6.31. The van der Waals surface area contributed by atoms with Gasteiger partial charge in [-0.15, -0.1) is 0 Å². The second kappa shape index (κ2) is 7.61. The summed E-state index contributed by atoms with van der Waals surface area (Å²) in [7, 11) is 0. The van der Waals surface area contributed by atoms with Gasteiger partial charge in [0.2, 0.25) is 5.91 Å². The van der Waals surface area contributed by atoms with Crippen molar-refractivity contribution in [3.05, 3.63) is 34.9 Å². The largest absolute Gasteiger partial charge is 0.378 e. The quantitative estimate of drug-likeness (QED) is 0.899. The van der Waals surface area contributed by atoms with Crippen molar-refractivity contribution in [1.82, 2.24) is 9.80 Å². The Morgan fingerprint density at radius 1 is 1.36 bits per heavy atom. The first-order chi connectivity index (χ1) is 10.5.